The number of aromatic carboxylic acids is 1. The Morgan fingerprint density at radius 1 is 1.38 bits per heavy atom. The number of carboxylic acid groups (broad SMARTS) is 1. The third kappa shape index (κ3) is 5.01. The van der Waals surface area contributed by atoms with E-state index in [0.717, 1.165) is 25.6 Å². The van der Waals surface area contributed by atoms with Crippen molar-refractivity contribution in [1.29, 1.82) is 0 Å². The van der Waals surface area contributed by atoms with Gasteiger partial charge in [0, 0.05) is 12.6 Å². The van der Waals surface area contributed by atoms with Crippen LogP contribution in [0.3, 0.4) is 0 Å². The van der Waals surface area contributed by atoms with Crippen molar-refractivity contribution in [3.05, 3.63) is 23.9 Å². The van der Waals surface area contributed by atoms with E-state index in [-0.39, 0.29) is 5.69 Å². The van der Waals surface area contributed by atoms with Crippen LogP contribution in [0.1, 0.15) is 49.0 Å². The van der Waals surface area contributed by atoms with Gasteiger partial charge in [0.15, 0.2) is 5.69 Å². The first kappa shape index (κ1) is 15.8. The van der Waals surface area contributed by atoms with Crippen LogP contribution in [-0.4, -0.2) is 47.1 Å². The first-order valence-electron chi connectivity index (χ1n) is 7.81. The van der Waals surface area contributed by atoms with E-state index in [1.165, 1.54) is 38.2 Å². The molecule has 0 unspecified atom stereocenters. The van der Waals surface area contributed by atoms with Gasteiger partial charge >= 0.3 is 5.97 Å². The molecule has 0 saturated heterocycles. The maximum absolute atomic E-state index is 10.9. The topological polar surface area (TPSA) is 65.5 Å². The highest BCUT2D eigenvalue weighted by molar-refractivity contribution is 5.85. The minimum atomic E-state index is -0.990. The van der Waals surface area contributed by atoms with Gasteiger partial charge in [0.2, 0.25) is 0 Å². The smallest absolute Gasteiger partial charge is 0.354 e. The van der Waals surface area contributed by atoms with Gasteiger partial charge in [-0.1, -0.05) is 25.3 Å². The molecule has 0 aromatic carbocycles. The molecule has 5 nitrogen and oxygen atoms in total. The second-order valence-electron chi connectivity index (χ2n) is 5.77. The van der Waals surface area contributed by atoms with Crippen LogP contribution in [0.25, 0.3) is 0 Å². The van der Waals surface area contributed by atoms with Crippen LogP contribution >= 0.6 is 0 Å². The van der Waals surface area contributed by atoms with Crippen molar-refractivity contribution in [1.82, 2.24) is 9.88 Å². The number of nitrogens with one attached hydrogen (secondary N) is 1. The summed E-state index contributed by atoms with van der Waals surface area (Å²) in [6.45, 7) is 1.88. The van der Waals surface area contributed by atoms with Crippen molar-refractivity contribution in [2.75, 3.05) is 25.5 Å². The summed E-state index contributed by atoms with van der Waals surface area (Å²) in [4.78, 5) is 17.4. The van der Waals surface area contributed by atoms with Crippen molar-refractivity contribution in [3.8, 4) is 0 Å². The van der Waals surface area contributed by atoms with Gasteiger partial charge in [-0.2, -0.15) is 0 Å². The minimum Gasteiger partial charge on any atom is -0.477 e. The number of pyridine rings is 1. The van der Waals surface area contributed by atoms with Gasteiger partial charge in [-0.25, -0.2) is 9.78 Å². The van der Waals surface area contributed by atoms with Crippen molar-refractivity contribution >= 4 is 11.8 Å². The SMILES string of the molecule is CN(CCCNc1cccc(C(=O)O)n1)C1CCCCC1. The second-order valence-corrected chi connectivity index (χ2v) is 5.77. The highest BCUT2D eigenvalue weighted by Gasteiger charge is 2.17. The molecule has 0 atom stereocenters. The van der Waals surface area contributed by atoms with Crippen LogP contribution in [0.15, 0.2) is 18.2 Å². The highest BCUT2D eigenvalue weighted by Crippen LogP contribution is 2.21. The third-order valence-electron chi connectivity index (χ3n) is 4.16. The fourth-order valence-corrected chi connectivity index (χ4v) is 2.90. The van der Waals surface area contributed by atoms with Crippen molar-refractivity contribution < 1.29 is 9.90 Å². The van der Waals surface area contributed by atoms with Crippen LogP contribution in [0.5, 0.6) is 0 Å². The Kier molecular flexibility index (Phi) is 5.99. The summed E-state index contributed by atoms with van der Waals surface area (Å²) in [5.41, 5.74) is 0.0827. The number of rotatable bonds is 7. The summed E-state index contributed by atoms with van der Waals surface area (Å²) in [6, 6.07) is 5.77. The summed E-state index contributed by atoms with van der Waals surface area (Å²) in [5, 5.41) is 12.1. The number of carboxylic acids is 1. The van der Waals surface area contributed by atoms with E-state index in [4.69, 9.17) is 5.11 Å². The summed E-state index contributed by atoms with van der Waals surface area (Å²) in [7, 11) is 2.21. The Bertz CT molecular complexity index is 459. The highest BCUT2D eigenvalue weighted by atomic mass is 16.4. The molecule has 1 fully saturated rings. The normalized spacial score (nSPS) is 16.1. The molecule has 1 saturated carbocycles. The first-order valence-corrected chi connectivity index (χ1v) is 7.81. The van der Waals surface area contributed by atoms with E-state index in [9.17, 15) is 4.79 Å². The second kappa shape index (κ2) is 7.98. The Hall–Kier alpha value is -1.62. The first-order chi connectivity index (χ1) is 10.2. The van der Waals surface area contributed by atoms with Gasteiger partial charge < -0.3 is 15.3 Å². The van der Waals surface area contributed by atoms with E-state index in [1.54, 1.807) is 12.1 Å². The lowest BCUT2D eigenvalue weighted by atomic mass is 9.94. The molecule has 0 bridgehead atoms. The summed E-state index contributed by atoms with van der Waals surface area (Å²) < 4.78 is 0. The zero-order valence-corrected chi connectivity index (χ0v) is 12.7. The fourth-order valence-electron chi connectivity index (χ4n) is 2.90. The molecule has 2 rings (SSSR count). The molecule has 0 radical (unpaired) electrons. The van der Waals surface area contributed by atoms with E-state index in [2.05, 4.69) is 22.2 Å². The molecular weight excluding hydrogens is 266 g/mol. The molecule has 116 valence electrons. The van der Waals surface area contributed by atoms with E-state index in [0.29, 0.717) is 5.82 Å². The predicted molar refractivity (Wildman–Crippen MR) is 83.8 cm³/mol. The molecule has 0 amide bonds. The molecule has 1 heterocycles. The largest absolute Gasteiger partial charge is 0.477 e. The van der Waals surface area contributed by atoms with Crippen LogP contribution < -0.4 is 5.32 Å². The molecule has 0 spiro atoms. The Morgan fingerprint density at radius 2 is 2.14 bits per heavy atom. The van der Waals surface area contributed by atoms with Gasteiger partial charge in [0.1, 0.15) is 5.82 Å². The Balaban J connectivity index is 1.69. The molecule has 1 aliphatic carbocycles. The lowest BCUT2D eigenvalue weighted by Gasteiger charge is -2.31. The maximum atomic E-state index is 10.9. The number of carbonyl (C=O) groups is 1. The summed E-state index contributed by atoms with van der Waals surface area (Å²) in [5.74, 6) is -0.356. The summed E-state index contributed by atoms with van der Waals surface area (Å²) >= 11 is 0. The van der Waals surface area contributed by atoms with Crippen molar-refractivity contribution in [2.45, 2.75) is 44.6 Å². The fraction of sp³-hybridized carbons (Fsp3) is 0.625. The van der Waals surface area contributed by atoms with Gasteiger partial charge in [0.05, 0.1) is 0 Å². The van der Waals surface area contributed by atoms with Gasteiger partial charge in [-0.3, -0.25) is 0 Å². The zero-order chi connectivity index (χ0) is 15.1. The average Bonchev–Trinajstić information content (AvgIpc) is 2.52. The zero-order valence-electron chi connectivity index (χ0n) is 12.7. The number of aromatic nitrogens is 1. The standard InChI is InChI=1S/C16H25N3O2/c1-19(13-7-3-2-4-8-13)12-6-11-17-15-10-5-9-14(18-15)16(20)21/h5,9-10,13H,2-4,6-8,11-12H2,1H3,(H,17,18)(H,20,21). The van der Waals surface area contributed by atoms with E-state index >= 15 is 0 Å². The van der Waals surface area contributed by atoms with Gasteiger partial charge in [0.25, 0.3) is 0 Å². The molecule has 21 heavy (non-hydrogen) atoms. The third-order valence-corrected chi connectivity index (χ3v) is 4.16. The van der Waals surface area contributed by atoms with E-state index in [1.807, 2.05) is 0 Å². The van der Waals surface area contributed by atoms with Crippen LogP contribution in [0, 0.1) is 0 Å². The quantitative estimate of drug-likeness (QED) is 0.756. The maximum Gasteiger partial charge on any atom is 0.354 e. The lowest BCUT2D eigenvalue weighted by molar-refractivity contribution is 0.0690. The number of hydrogen-bond donors (Lipinski definition) is 2. The monoisotopic (exact) mass is 291 g/mol. The Labute approximate surface area is 126 Å². The van der Waals surface area contributed by atoms with Gasteiger partial charge in [-0.15, -0.1) is 0 Å². The van der Waals surface area contributed by atoms with E-state index < -0.39 is 5.97 Å². The number of nitrogens with zero attached hydrogens (tertiary/aromatic N) is 2. The van der Waals surface area contributed by atoms with Crippen molar-refractivity contribution in [2.24, 2.45) is 0 Å². The predicted octanol–water partition coefficient (Wildman–Crippen LogP) is 2.85. The van der Waals surface area contributed by atoms with Crippen molar-refractivity contribution in [3.63, 3.8) is 0 Å². The van der Waals surface area contributed by atoms with Crippen LogP contribution in [0.4, 0.5) is 5.82 Å². The molecule has 0 aliphatic heterocycles. The molecule has 2 N–H and O–H groups in total. The molecule has 1 aromatic rings. The molecular formula is C16H25N3O2. The number of anilines is 1. The minimum absolute atomic E-state index is 0.0827. The van der Waals surface area contributed by atoms with Crippen LogP contribution in [-0.2, 0) is 0 Å². The summed E-state index contributed by atoms with van der Waals surface area (Å²) in [6.07, 6.45) is 7.79. The lowest BCUT2D eigenvalue weighted by Crippen LogP contribution is -2.34. The number of hydrogen-bond acceptors (Lipinski definition) is 4. The van der Waals surface area contributed by atoms with Crippen LogP contribution in [0.2, 0.25) is 0 Å². The van der Waals surface area contributed by atoms with Gasteiger partial charge in [-0.05, 0) is 45.0 Å². The Morgan fingerprint density at radius 3 is 2.86 bits per heavy atom. The molecule has 1 aliphatic rings. The average molecular weight is 291 g/mol. The molecule has 5 heteroatoms. The molecule has 1 aromatic heterocycles.